The van der Waals surface area contributed by atoms with E-state index in [1.165, 1.54) is 8.66 Å². The average molecular weight is 376 g/mol. The number of rotatable bonds is 4. The molecular formula is C12H12Br2N2S. The number of hydrogen-bond acceptors (Lipinski definition) is 3. The molecule has 1 unspecified atom stereocenters. The highest BCUT2D eigenvalue weighted by molar-refractivity contribution is 9.11. The van der Waals surface area contributed by atoms with Crippen molar-refractivity contribution in [1.29, 1.82) is 0 Å². The van der Waals surface area contributed by atoms with E-state index in [1.807, 2.05) is 25.4 Å². The van der Waals surface area contributed by atoms with Gasteiger partial charge in [-0.1, -0.05) is 0 Å². The molecule has 0 fully saturated rings. The highest BCUT2D eigenvalue weighted by Crippen LogP contribution is 2.28. The van der Waals surface area contributed by atoms with Gasteiger partial charge in [0.05, 0.1) is 15.5 Å². The zero-order chi connectivity index (χ0) is 12.3. The van der Waals surface area contributed by atoms with Crippen molar-refractivity contribution in [2.75, 3.05) is 7.05 Å². The molecule has 0 aliphatic heterocycles. The quantitative estimate of drug-likeness (QED) is 0.867. The predicted molar refractivity (Wildman–Crippen MR) is 79.5 cm³/mol. The Kier molecular flexibility index (Phi) is 4.73. The van der Waals surface area contributed by atoms with E-state index in [2.05, 4.69) is 54.3 Å². The van der Waals surface area contributed by atoms with Crippen LogP contribution in [0.15, 0.2) is 38.7 Å². The van der Waals surface area contributed by atoms with Gasteiger partial charge in [-0.2, -0.15) is 0 Å². The van der Waals surface area contributed by atoms with E-state index >= 15 is 0 Å². The van der Waals surface area contributed by atoms with Crippen molar-refractivity contribution in [3.8, 4) is 0 Å². The second-order valence-corrected chi connectivity index (χ2v) is 7.02. The fourth-order valence-corrected chi connectivity index (χ4v) is 3.71. The zero-order valence-corrected chi connectivity index (χ0v) is 13.3. The maximum atomic E-state index is 4.44. The lowest BCUT2D eigenvalue weighted by Crippen LogP contribution is -2.20. The second kappa shape index (κ2) is 6.09. The maximum Gasteiger partial charge on any atom is 0.0718 e. The number of hydrogen-bond donors (Lipinski definition) is 1. The molecule has 0 amide bonds. The Labute approximate surface area is 122 Å². The molecule has 0 spiro atoms. The van der Waals surface area contributed by atoms with Crippen LogP contribution in [0.2, 0.25) is 0 Å². The third-order valence-electron chi connectivity index (χ3n) is 2.50. The maximum absolute atomic E-state index is 4.44. The van der Waals surface area contributed by atoms with Crippen LogP contribution in [0.5, 0.6) is 0 Å². The Morgan fingerprint density at radius 1 is 1.35 bits per heavy atom. The number of nitrogens with one attached hydrogen (secondary N) is 1. The van der Waals surface area contributed by atoms with Crippen LogP contribution in [0.4, 0.5) is 0 Å². The number of nitrogens with zero attached hydrogens (tertiary/aromatic N) is 1. The Balaban J connectivity index is 2.20. The van der Waals surface area contributed by atoms with Gasteiger partial charge in [-0.3, -0.25) is 4.98 Å². The van der Waals surface area contributed by atoms with Crippen LogP contribution in [0, 0.1) is 0 Å². The predicted octanol–water partition coefficient (Wildman–Crippen LogP) is 4.17. The summed E-state index contributed by atoms with van der Waals surface area (Å²) in [5.41, 5.74) is 1.06. The van der Waals surface area contributed by atoms with Crippen LogP contribution in [0.3, 0.4) is 0 Å². The first-order valence-corrected chi connectivity index (χ1v) is 7.63. The first-order chi connectivity index (χ1) is 8.20. The highest BCUT2D eigenvalue weighted by Gasteiger charge is 2.15. The van der Waals surface area contributed by atoms with Crippen molar-refractivity contribution in [2.24, 2.45) is 0 Å². The molecular weight excluding hydrogens is 364 g/mol. The third-order valence-corrected chi connectivity index (χ3v) is 4.82. The van der Waals surface area contributed by atoms with Gasteiger partial charge < -0.3 is 5.32 Å². The number of thiophene rings is 1. The van der Waals surface area contributed by atoms with Gasteiger partial charge in [0.15, 0.2) is 0 Å². The fraction of sp³-hybridized carbons (Fsp3) is 0.250. The molecule has 2 aromatic heterocycles. The van der Waals surface area contributed by atoms with Crippen molar-refractivity contribution in [3.63, 3.8) is 0 Å². The van der Waals surface area contributed by atoms with E-state index in [9.17, 15) is 0 Å². The SMILES string of the molecule is CNC(Cc1ccc(Br)s1)c1ncccc1Br. The molecule has 0 radical (unpaired) electrons. The minimum atomic E-state index is 0.233. The Morgan fingerprint density at radius 2 is 2.18 bits per heavy atom. The topological polar surface area (TPSA) is 24.9 Å². The summed E-state index contributed by atoms with van der Waals surface area (Å²) in [6.45, 7) is 0. The van der Waals surface area contributed by atoms with Crippen molar-refractivity contribution >= 4 is 43.2 Å². The second-order valence-electron chi connectivity index (χ2n) is 3.62. The normalized spacial score (nSPS) is 12.6. The van der Waals surface area contributed by atoms with Gasteiger partial charge >= 0.3 is 0 Å². The number of pyridine rings is 1. The molecule has 5 heteroatoms. The molecule has 90 valence electrons. The minimum Gasteiger partial charge on any atom is -0.311 e. The largest absolute Gasteiger partial charge is 0.311 e. The van der Waals surface area contributed by atoms with Crippen LogP contribution in [-0.2, 0) is 6.42 Å². The highest BCUT2D eigenvalue weighted by atomic mass is 79.9. The smallest absolute Gasteiger partial charge is 0.0718 e. The molecule has 2 heterocycles. The Hall–Kier alpha value is -0.230. The molecule has 2 nitrogen and oxygen atoms in total. The first-order valence-electron chi connectivity index (χ1n) is 5.22. The van der Waals surface area contributed by atoms with Gasteiger partial charge in [0.1, 0.15) is 0 Å². The fourth-order valence-electron chi connectivity index (χ4n) is 1.65. The monoisotopic (exact) mass is 374 g/mol. The third kappa shape index (κ3) is 3.37. The molecule has 0 saturated heterocycles. The molecule has 2 aromatic rings. The van der Waals surface area contributed by atoms with E-state index in [0.717, 1.165) is 16.6 Å². The van der Waals surface area contributed by atoms with Crippen molar-refractivity contribution in [2.45, 2.75) is 12.5 Å². The lowest BCUT2D eigenvalue weighted by atomic mass is 10.1. The average Bonchev–Trinajstić information content (AvgIpc) is 2.73. The molecule has 0 saturated carbocycles. The van der Waals surface area contributed by atoms with Crippen LogP contribution in [0.1, 0.15) is 16.6 Å². The van der Waals surface area contributed by atoms with Crippen molar-refractivity contribution < 1.29 is 0 Å². The summed E-state index contributed by atoms with van der Waals surface area (Å²) < 4.78 is 2.22. The summed E-state index contributed by atoms with van der Waals surface area (Å²) in [5.74, 6) is 0. The number of aromatic nitrogens is 1. The van der Waals surface area contributed by atoms with Gasteiger partial charge in [-0.25, -0.2) is 0 Å². The summed E-state index contributed by atoms with van der Waals surface area (Å²) >= 11 is 8.80. The van der Waals surface area contributed by atoms with E-state index in [0.29, 0.717) is 0 Å². The number of halogens is 2. The minimum absolute atomic E-state index is 0.233. The standard InChI is InChI=1S/C12H12Br2N2S/c1-15-10(7-8-4-5-11(14)17-8)12-9(13)3-2-6-16-12/h2-6,10,15H,7H2,1H3. The summed E-state index contributed by atoms with van der Waals surface area (Å²) in [6.07, 6.45) is 2.77. The van der Waals surface area contributed by atoms with Gasteiger partial charge in [-0.05, 0) is 63.2 Å². The number of likely N-dealkylation sites (N-methyl/N-ethyl adjacent to an activating group) is 1. The van der Waals surface area contributed by atoms with Crippen molar-refractivity contribution in [3.05, 3.63) is 49.3 Å². The van der Waals surface area contributed by atoms with Crippen LogP contribution < -0.4 is 5.32 Å². The van der Waals surface area contributed by atoms with Gasteiger partial charge in [0.25, 0.3) is 0 Å². The van der Waals surface area contributed by atoms with Gasteiger partial charge in [0, 0.05) is 22.0 Å². The van der Waals surface area contributed by atoms with Crippen LogP contribution >= 0.6 is 43.2 Å². The molecule has 1 atom stereocenters. The summed E-state index contributed by atoms with van der Waals surface area (Å²) in [4.78, 5) is 5.78. The summed E-state index contributed by atoms with van der Waals surface area (Å²) in [5, 5.41) is 3.32. The van der Waals surface area contributed by atoms with Crippen LogP contribution in [-0.4, -0.2) is 12.0 Å². The van der Waals surface area contributed by atoms with E-state index in [1.54, 1.807) is 11.3 Å². The Bertz CT molecular complexity index is 499. The van der Waals surface area contributed by atoms with E-state index in [4.69, 9.17) is 0 Å². The van der Waals surface area contributed by atoms with Crippen molar-refractivity contribution in [1.82, 2.24) is 10.3 Å². The molecule has 0 bridgehead atoms. The summed E-state index contributed by atoms with van der Waals surface area (Å²) in [6, 6.07) is 8.42. The Morgan fingerprint density at radius 3 is 2.76 bits per heavy atom. The lowest BCUT2D eigenvalue weighted by Gasteiger charge is -2.15. The van der Waals surface area contributed by atoms with E-state index in [-0.39, 0.29) is 6.04 Å². The molecule has 17 heavy (non-hydrogen) atoms. The van der Waals surface area contributed by atoms with Gasteiger partial charge in [0.2, 0.25) is 0 Å². The molecule has 2 rings (SSSR count). The van der Waals surface area contributed by atoms with E-state index < -0.39 is 0 Å². The molecule has 1 N–H and O–H groups in total. The lowest BCUT2D eigenvalue weighted by molar-refractivity contribution is 0.577. The molecule has 0 aliphatic rings. The zero-order valence-electron chi connectivity index (χ0n) is 9.28. The van der Waals surface area contributed by atoms with Crippen LogP contribution in [0.25, 0.3) is 0 Å². The molecule has 0 aliphatic carbocycles. The summed E-state index contributed by atoms with van der Waals surface area (Å²) in [7, 11) is 1.97. The first kappa shape index (κ1) is 13.2. The molecule has 0 aromatic carbocycles. The van der Waals surface area contributed by atoms with Gasteiger partial charge in [-0.15, -0.1) is 11.3 Å².